The van der Waals surface area contributed by atoms with Gasteiger partial charge in [-0.1, -0.05) is 160 Å². The van der Waals surface area contributed by atoms with E-state index in [9.17, 15) is 19.0 Å². The van der Waals surface area contributed by atoms with E-state index in [1.54, 1.807) is 0 Å². The van der Waals surface area contributed by atoms with Crippen LogP contribution in [0.15, 0.2) is 24.3 Å². The van der Waals surface area contributed by atoms with Crippen molar-refractivity contribution in [2.75, 3.05) is 47.5 Å². The van der Waals surface area contributed by atoms with Crippen molar-refractivity contribution >= 4 is 19.8 Å². The Morgan fingerprint density at radius 2 is 1.00 bits per heavy atom. The lowest BCUT2D eigenvalue weighted by molar-refractivity contribution is -0.870. The largest absolute Gasteiger partial charge is 0.472 e. The quantitative estimate of drug-likeness (QED) is 0.0215. The van der Waals surface area contributed by atoms with E-state index in [0.717, 1.165) is 57.8 Å². The predicted molar refractivity (Wildman–Crippen MR) is 224 cm³/mol. The molecular weight excluding hydrogens is 701 g/mol. The van der Waals surface area contributed by atoms with Crippen LogP contribution >= 0.6 is 7.82 Å². The minimum Gasteiger partial charge on any atom is -0.462 e. The van der Waals surface area contributed by atoms with Gasteiger partial charge in [0.05, 0.1) is 27.7 Å². The number of likely N-dealkylation sites (N-methyl/N-ethyl adjacent to an activating group) is 1. The van der Waals surface area contributed by atoms with Gasteiger partial charge in [0.15, 0.2) is 6.10 Å². The van der Waals surface area contributed by atoms with Gasteiger partial charge in [0.2, 0.25) is 0 Å². The Labute approximate surface area is 332 Å². The Morgan fingerprint density at radius 1 is 0.574 bits per heavy atom. The summed E-state index contributed by atoms with van der Waals surface area (Å²) in [4.78, 5) is 35.3. The van der Waals surface area contributed by atoms with E-state index in [2.05, 4.69) is 38.2 Å². The topological polar surface area (TPSA) is 108 Å². The van der Waals surface area contributed by atoms with Gasteiger partial charge >= 0.3 is 19.8 Å². The average Bonchev–Trinajstić information content (AvgIpc) is 3.12. The van der Waals surface area contributed by atoms with E-state index in [0.29, 0.717) is 17.4 Å². The number of hydrogen-bond donors (Lipinski definition) is 1. The summed E-state index contributed by atoms with van der Waals surface area (Å²) in [5.74, 6) is -0.808. The monoisotopic (exact) mass is 787 g/mol. The van der Waals surface area contributed by atoms with Gasteiger partial charge in [-0.15, -0.1) is 0 Å². The van der Waals surface area contributed by atoms with Gasteiger partial charge in [0.1, 0.15) is 19.8 Å². The molecule has 0 bridgehead atoms. The van der Waals surface area contributed by atoms with Crippen LogP contribution in [0.25, 0.3) is 0 Å². The zero-order valence-electron chi connectivity index (χ0n) is 35.7. The van der Waals surface area contributed by atoms with Gasteiger partial charge in [0.25, 0.3) is 0 Å². The summed E-state index contributed by atoms with van der Waals surface area (Å²) >= 11 is 0. The van der Waals surface area contributed by atoms with Crippen LogP contribution in [0.2, 0.25) is 0 Å². The second-order valence-electron chi connectivity index (χ2n) is 16.1. The highest BCUT2D eigenvalue weighted by atomic mass is 31.2. The fraction of sp³-hybridized carbons (Fsp3) is 0.864. The number of phosphoric ester groups is 1. The molecule has 0 aromatic rings. The summed E-state index contributed by atoms with van der Waals surface area (Å²) in [6, 6.07) is 0. The smallest absolute Gasteiger partial charge is 0.462 e. The fourth-order valence-corrected chi connectivity index (χ4v) is 6.73. The molecule has 318 valence electrons. The first-order chi connectivity index (χ1) is 26.0. The van der Waals surface area contributed by atoms with E-state index in [1.807, 2.05) is 21.1 Å². The second-order valence-corrected chi connectivity index (χ2v) is 17.5. The highest BCUT2D eigenvalue weighted by molar-refractivity contribution is 7.47. The standard InChI is InChI=1S/C44H84NO8P/c1-6-8-10-12-14-16-18-20-22-24-26-28-30-32-34-36-43(46)50-40-42(41-52-54(48,49)51-39-38-45(3,4)5)53-44(47)37-35-33-31-29-27-25-23-21-19-17-15-13-11-9-7-2/h14,16,20,22,42H,6-13,15,17-19,21,23-41H2,1-5H3/p+1/b16-14+,22-20+. The third-order valence-electron chi connectivity index (χ3n) is 9.48. The number of carbonyl (C=O) groups excluding carboxylic acids is 2. The number of phosphoric acid groups is 1. The third kappa shape index (κ3) is 40.2. The first-order valence-corrected chi connectivity index (χ1v) is 23.6. The van der Waals surface area contributed by atoms with Gasteiger partial charge < -0.3 is 18.9 Å². The number of unbranched alkanes of at least 4 members (excludes halogenated alkanes) is 22. The lowest BCUT2D eigenvalue weighted by atomic mass is 10.0. The third-order valence-corrected chi connectivity index (χ3v) is 10.5. The van der Waals surface area contributed by atoms with Crippen molar-refractivity contribution in [2.24, 2.45) is 0 Å². The number of nitrogens with zero attached hydrogens (tertiary/aromatic N) is 1. The van der Waals surface area contributed by atoms with Crippen LogP contribution in [0.1, 0.15) is 194 Å². The molecule has 0 radical (unpaired) electrons. The average molecular weight is 787 g/mol. The van der Waals surface area contributed by atoms with Crippen LogP contribution < -0.4 is 0 Å². The normalized spacial score (nSPS) is 13.8. The number of carbonyl (C=O) groups is 2. The zero-order valence-corrected chi connectivity index (χ0v) is 36.6. The van der Waals surface area contributed by atoms with E-state index in [-0.39, 0.29) is 32.0 Å². The molecule has 0 saturated carbocycles. The van der Waals surface area contributed by atoms with E-state index < -0.39 is 26.5 Å². The molecule has 0 fully saturated rings. The first kappa shape index (κ1) is 52.5. The second kappa shape index (κ2) is 37.1. The van der Waals surface area contributed by atoms with Crippen LogP contribution in [0.3, 0.4) is 0 Å². The SMILES string of the molecule is CCCCC/C=C/C/C=C/CCCCCCCC(=O)OCC(COP(=O)(O)OCC[N+](C)(C)C)OC(=O)CCCCCCCCCCCCCCCCC. The summed E-state index contributed by atoms with van der Waals surface area (Å²) in [6.07, 6.45) is 39.3. The summed E-state index contributed by atoms with van der Waals surface area (Å²) < 4.78 is 34.3. The maximum absolute atomic E-state index is 12.7. The summed E-state index contributed by atoms with van der Waals surface area (Å²) in [7, 11) is 1.47. The number of rotatable bonds is 40. The summed E-state index contributed by atoms with van der Waals surface area (Å²) in [5.41, 5.74) is 0. The zero-order chi connectivity index (χ0) is 40.0. The molecule has 0 aliphatic carbocycles. The fourth-order valence-electron chi connectivity index (χ4n) is 5.99. The lowest BCUT2D eigenvalue weighted by Crippen LogP contribution is -2.37. The molecule has 0 saturated heterocycles. The number of hydrogen-bond acceptors (Lipinski definition) is 7. The Balaban J connectivity index is 4.37. The molecule has 1 N–H and O–H groups in total. The molecule has 0 spiro atoms. The Morgan fingerprint density at radius 3 is 1.50 bits per heavy atom. The van der Waals surface area contributed by atoms with Crippen LogP contribution in [0.5, 0.6) is 0 Å². The number of quaternary nitrogens is 1. The molecule has 0 aromatic heterocycles. The van der Waals surface area contributed by atoms with Crippen molar-refractivity contribution in [3.05, 3.63) is 24.3 Å². The van der Waals surface area contributed by atoms with Crippen LogP contribution in [-0.2, 0) is 32.7 Å². The van der Waals surface area contributed by atoms with E-state index in [1.165, 1.54) is 103 Å². The van der Waals surface area contributed by atoms with Crippen molar-refractivity contribution in [3.63, 3.8) is 0 Å². The van der Waals surface area contributed by atoms with E-state index >= 15 is 0 Å². The van der Waals surface area contributed by atoms with Crippen LogP contribution in [-0.4, -0.2) is 74.9 Å². The van der Waals surface area contributed by atoms with Gasteiger partial charge in [0, 0.05) is 12.8 Å². The highest BCUT2D eigenvalue weighted by Crippen LogP contribution is 2.43. The highest BCUT2D eigenvalue weighted by Gasteiger charge is 2.27. The number of esters is 2. The minimum atomic E-state index is -4.37. The first-order valence-electron chi connectivity index (χ1n) is 22.1. The molecule has 0 rings (SSSR count). The predicted octanol–water partition coefficient (Wildman–Crippen LogP) is 12.4. The Kier molecular flexibility index (Phi) is 36.1. The van der Waals surface area contributed by atoms with Gasteiger partial charge in [-0.3, -0.25) is 18.6 Å². The van der Waals surface area contributed by atoms with Crippen molar-refractivity contribution < 1.29 is 42.1 Å². The van der Waals surface area contributed by atoms with Crippen LogP contribution in [0.4, 0.5) is 0 Å². The molecule has 0 heterocycles. The number of allylic oxidation sites excluding steroid dienone is 4. The van der Waals surface area contributed by atoms with Crippen molar-refractivity contribution in [3.8, 4) is 0 Å². The summed E-state index contributed by atoms with van der Waals surface area (Å²) in [6.45, 7) is 4.39. The molecule has 0 amide bonds. The molecule has 0 aliphatic rings. The molecule has 0 aromatic carbocycles. The lowest BCUT2D eigenvalue weighted by Gasteiger charge is -2.24. The minimum absolute atomic E-state index is 0.0312. The Hall–Kier alpha value is -1.51. The van der Waals surface area contributed by atoms with Crippen LogP contribution in [0, 0.1) is 0 Å². The molecular formula is C44H85NO8P+. The van der Waals surface area contributed by atoms with Crippen molar-refractivity contribution in [2.45, 2.75) is 200 Å². The molecule has 2 atom stereocenters. The van der Waals surface area contributed by atoms with Crippen molar-refractivity contribution in [1.29, 1.82) is 0 Å². The van der Waals surface area contributed by atoms with E-state index in [4.69, 9.17) is 18.5 Å². The molecule has 9 nitrogen and oxygen atoms in total. The molecule has 2 unspecified atom stereocenters. The number of ether oxygens (including phenoxy) is 2. The Bertz CT molecular complexity index is 980. The maximum atomic E-state index is 12.7. The molecule has 54 heavy (non-hydrogen) atoms. The molecule has 0 aliphatic heterocycles. The van der Waals surface area contributed by atoms with Gasteiger partial charge in [-0.25, -0.2) is 4.57 Å². The van der Waals surface area contributed by atoms with Crippen molar-refractivity contribution in [1.82, 2.24) is 0 Å². The van der Waals surface area contributed by atoms with Gasteiger partial charge in [-0.2, -0.15) is 0 Å². The maximum Gasteiger partial charge on any atom is 0.472 e. The summed E-state index contributed by atoms with van der Waals surface area (Å²) in [5, 5.41) is 0. The molecule has 10 heteroatoms. The van der Waals surface area contributed by atoms with Gasteiger partial charge in [-0.05, 0) is 44.9 Å².